The standard InChI is InChI=1S/C12H19N3O2/c1-6(2)10(13)12-14-11(15-17-12)8-5-7-3-4-9(8)16-7/h6-10H,3-5,13H2,1-2H3. The molecular weight excluding hydrogens is 218 g/mol. The van der Waals surface area contributed by atoms with Crippen LogP contribution in [0.25, 0.3) is 0 Å². The summed E-state index contributed by atoms with van der Waals surface area (Å²) in [6, 6.07) is -0.171. The predicted molar refractivity (Wildman–Crippen MR) is 61.3 cm³/mol. The number of nitrogens with two attached hydrogens (primary N) is 1. The highest BCUT2D eigenvalue weighted by molar-refractivity contribution is 5.07. The molecule has 0 aromatic carbocycles. The molecule has 17 heavy (non-hydrogen) atoms. The minimum absolute atomic E-state index is 0.171. The van der Waals surface area contributed by atoms with Gasteiger partial charge in [-0.3, -0.25) is 0 Å². The fourth-order valence-corrected chi connectivity index (χ4v) is 2.73. The van der Waals surface area contributed by atoms with Crippen molar-refractivity contribution in [2.24, 2.45) is 11.7 Å². The van der Waals surface area contributed by atoms with Crippen LogP contribution in [-0.2, 0) is 4.74 Å². The van der Waals surface area contributed by atoms with Crippen LogP contribution in [0.1, 0.15) is 56.8 Å². The predicted octanol–water partition coefficient (Wildman–Crippen LogP) is 1.76. The summed E-state index contributed by atoms with van der Waals surface area (Å²) in [6.45, 7) is 4.10. The van der Waals surface area contributed by atoms with Gasteiger partial charge in [0.05, 0.1) is 24.2 Å². The maximum Gasteiger partial charge on any atom is 0.243 e. The van der Waals surface area contributed by atoms with Gasteiger partial charge in [0, 0.05) is 0 Å². The van der Waals surface area contributed by atoms with E-state index in [0.29, 0.717) is 29.9 Å². The average Bonchev–Trinajstić information content (AvgIpc) is 3.02. The minimum atomic E-state index is -0.171. The molecule has 2 bridgehead atoms. The fraction of sp³-hybridized carbons (Fsp3) is 0.833. The third kappa shape index (κ3) is 1.87. The molecule has 0 amide bonds. The summed E-state index contributed by atoms with van der Waals surface area (Å²) in [7, 11) is 0. The van der Waals surface area contributed by atoms with Gasteiger partial charge in [-0.15, -0.1) is 0 Å². The zero-order valence-electron chi connectivity index (χ0n) is 10.3. The molecule has 2 aliphatic heterocycles. The molecule has 2 saturated heterocycles. The number of fused-ring (bicyclic) bond motifs is 2. The maximum atomic E-state index is 6.00. The second-order valence-corrected chi connectivity index (χ2v) is 5.48. The highest BCUT2D eigenvalue weighted by atomic mass is 16.5. The maximum absolute atomic E-state index is 6.00. The molecule has 94 valence electrons. The SMILES string of the molecule is CC(C)C(N)c1nc(C2CC3CCC2O3)no1. The first kappa shape index (κ1) is 11.2. The Labute approximate surface area is 101 Å². The number of nitrogens with zero attached hydrogens (tertiary/aromatic N) is 2. The van der Waals surface area contributed by atoms with Gasteiger partial charge in [0.15, 0.2) is 5.82 Å². The fourth-order valence-electron chi connectivity index (χ4n) is 2.73. The van der Waals surface area contributed by atoms with E-state index in [-0.39, 0.29) is 6.04 Å². The third-order valence-corrected chi connectivity index (χ3v) is 3.90. The first-order chi connectivity index (χ1) is 8.15. The third-order valence-electron chi connectivity index (χ3n) is 3.90. The van der Waals surface area contributed by atoms with Crippen molar-refractivity contribution in [1.29, 1.82) is 0 Å². The lowest BCUT2D eigenvalue weighted by atomic mass is 9.89. The largest absolute Gasteiger partial charge is 0.374 e. The molecule has 0 radical (unpaired) electrons. The summed E-state index contributed by atoms with van der Waals surface area (Å²) in [5.41, 5.74) is 6.00. The highest BCUT2D eigenvalue weighted by Crippen LogP contribution is 2.43. The molecule has 5 nitrogen and oxygen atoms in total. The summed E-state index contributed by atoms with van der Waals surface area (Å²) in [6.07, 6.45) is 4.03. The second-order valence-electron chi connectivity index (χ2n) is 5.48. The smallest absolute Gasteiger partial charge is 0.243 e. The summed E-state index contributed by atoms with van der Waals surface area (Å²) < 4.78 is 11.1. The number of hydrogen-bond acceptors (Lipinski definition) is 5. The van der Waals surface area contributed by atoms with Gasteiger partial charge in [-0.05, 0) is 25.2 Å². The lowest BCUT2D eigenvalue weighted by Gasteiger charge is -2.14. The van der Waals surface area contributed by atoms with E-state index in [9.17, 15) is 0 Å². The van der Waals surface area contributed by atoms with Crippen LogP contribution in [0.15, 0.2) is 4.52 Å². The molecule has 2 aliphatic rings. The number of hydrogen-bond donors (Lipinski definition) is 1. The summed E-state index contributed by atoms with van der Waals surface area (Å²) in [5, 5.41) is 4.07. The van der Waals surface area contributed by atoms with Crippen molar-refractivity contribution < 1.29 is 9.26 Å². The molecule has 0 saturated carbocycles. The zero-order valence-corrected chi connectivity index (χ0v) is 10.3. The summed E-state index contributed by atoms with van der Waals surface area (Å²) in [5.74, 6) is 1.95. The number of rotatable bonds is 3. The van der Waals surface area contributed by atoms with E-state index in [1.54, 1.807) is 0 Å². The molecule has 5 heteroatoms. The second kappa shape index (κ2) is 4.07. The van der Waals surface area contributed by atoms with E-state index < -0.39 is 0 Å². The Morgan fingerprint density at radius 2 is 2.18 bits per heavy atom. The van der Waals surface area contributed by atoms with E-state index in [1.165, 1.54) is 6.42 Å². The molecule has 4 atom stereocenters. The van der Waals surface area contributed by atoms with Crippen LogP contribution in [0.4, 0.5) is 0 Å². The molecule has 0 aliphatic carbocycles. The quantitative estimate of drug-likeness (QED) is 0.867. The van der Waals surface area contributed by atoms with E-state index in [4.69, 9.17) is 15.0 Å². The van der Waals surface area contributed by atoms with Gasteiger partial charge in [-0.25, -0.2) is 0 Å². The van der Waals surface area contributed by atoms with Crippen LogP contribution in [-0.4, -0.2) is 22.3 Å². The summed E-state index contributed by atoms with van der Waals surface area (Å²) in [4.78, 5) is 4.45. The monoisotopic (exact) mass is 237 g/mol. The Hall–Kier alpha value is -0.940. The molecule has 2 fully saturated rings. The molecule has 2 N–H and O–H groups in total. The van der Waals surface area contributed by atoms with Crippen LogP contribution in [0.2, 0.25) is 0 Å². The molecule has 0 spiro atoms. The number of ether oxygens (including phenoxy) is 1. The molecule has 3 rings (SSSR count). The van der Waals surface area contributed by atoms with E-state index in [2.05, 4.69) is 24.0 Å². The van der Waals surface area contributed by atoms with Gasteiger partial charge < -0.3 is 15.0 Å². The highest BCUT2D eigenvalue weighted by Gasteiger charge is 2.43. The van der Waals surface area contributed by atoms with E-state index in [0.717, 1.165) is 18.7 Å². The van der Waals surface area contributed by atoms with Gasteiger partial charge in [0.25, 0.3) is 0 Å². The first-order valence-electron chi connectivity index (χ1n) is 6.39. The van der Waals surface area contributed by atoms with Gasteiger partial charge >= 0.3 is 0 Å². The van der Waals surface area contributed by atoms with Gasteiger partial charge in [-0.2, -0.15) is 4.98 Å². The zero-order chi connectivity index (χ0) is 12.0. The van der Waals surface area contributed by atoms with Crippen LogP contribution in [0.3, 0.4) is 0 Å². The van der Waals surface area contributed by atoms with E-state index in [1.807, 2.05) is 0 Å². The Balaban J connectivity index is 1.77. The Morgan fingerprint density at radius 1 is 1.35 bits per heavy atom. The van der Waals surface area contributed by atoms with Crippen molar-refractivity contribution in [3.63, 3.8) is 0 Å². The molecule has 1 aromatic heterocycles. The molecule has 1 aromatic rings. The Kier molecular flexibility index (Phi) is 2.67. The Bertz CT molecular complexity index is 404. The van der Waals surface area contributed by atoms with Gasteiger partial charge in [0.2, 0.25) is 5.89 Å². The van der Waals surface area contributed by atoms with E-state index >= 15 is 0 Å². The van der Waals surface area contributed by atoms with Crippen molar-refractivity contribution in [2.75, 3.05) is 0 Å². The van der Waals surface area contributed by atoms with Crippen molar-refractivity contribution in [2.45, 2.75) is 57.3 Å². The van der Waals surface area contributed by atoms with Crippen molar-refractivity contribution in [3.8, 4) is 0 Å². The first-order valence-corrected chi connectivity index (χ1v) is 6.39. The number of aromatic nitrogens is 2. The molecular formula is C12H19N3O2. The van der Waals surface area contributed by atoms with Crippen LogP contribution in [0, 0.1) is 5.92 Å². The van der Waals surface area contributed by atoms with Crippen molar-refractivity contribution >= 4 is 0 Å². The van der Waals surface area contributed by atoms with Crippen LogP contribution >= 0.6 is 0 Å². The molecule has 4 unspecified atom stereocenters. The normalized spacial score (nSPS) is 33.5. The van der Waals surface area contributed by atoms with Gasteiger partial charge in [0.1, 0.15) is 0 Å². The lowest BCUT2D eigenvalue weighted by Crippen LogP contribution is -2.18. The summed E-state index contributed by atoms with van der Waals surface area (Å²) >= 11 is 0. The topological polar surface area (TPSA) is 74.2 Å². The minimum Gasteiger partial charge on any atom is -0.374 e. The lowest BCUT2D eigenvalue weighted by molar-refractivity contribution is 0.0996. The van der Waals surface area contributed by atoms with Crippen molar-refractivity contribution in [3.05, 3.63) is 11.7 Å². The Morgan fingerprint density at radius 3 is 2.76 bits per heavy atom. The average molecular weight is 237 g/mol. The van der Waals surface area contributed by atoms with Crippen LogP contribution in [0.5, 0.6) is 0 Å². The molecule has 3 heterocycles. The van der Waals surface area contributed by atoms with Crippen LogP contribution < -0.4 is 5.73 Å². The van der Waals surface area contributed by atoms with Crippen molar-refractivity contribution in [1.82, 2.24) is 10.1 Å². The van der Waals surface area contributed by atoms with Gasteiger partial charge in [-0.1, -0.05) is 19.0 Å².